The van der Waals surface area contributed by atoms with Crippen molar-refractivity contribution < 1.29 is 19.1 Å². The first-order valence-corrected chi connectivity index (χ1v) is 8.54. The van der Waals surface area contributed by atoms with E-state index in [1.165, 1.54) is 7.11 Å². The van der Waals surface area contributed by atoms with Gasteiger partial charge >= 0.3 is 0 Å². The van der Waals surface area contributed by atoms with E-state index in [0.717, 1.165) is 13.0 Å². The molecule has 0 spiro atoms. The molecule has 2 rings (SSSR count). The normalized spacial score (nSPS) is 13.8. The van der Waals surface area contributed by atoms with Gasteiger partial charge in [0.1, 0.15) is 11.5 Å². The highest BCUT2D eigenvalue weighted by atomic mass is 35.5. The van der Waals surface area contributed by atoms with Gasteiger partial charge in [0.15, 0.2) is 0 Å². The highest BCUT2D eigenvalue weighted by Crippen LogP contribution is 2.26. The van der Waals surface area contributed by atoms with Crippen LogP contribution in [0.15, 0.2) is 18.2 Å². The van der Waals surface area contributed by atoms with E-state index in [2.05, 4.69) is 5.32 Å². The van der Waals surface area contributed by atoms with Crippen molar-refractivity contribution in [2.45, 2.75) is 12.8 Å². The zero-order valence-electron chi connectivity index (χ0n) is 15.6. The quantitative estimate of drug-likeness (QED) is 0.718. The van der Waals surface area contributed by atoms with Crippen molar-refractivity contribution in [1.29, 1.82) is 0 Å². The summed E-state index contributed by atoms with van der Waals surface area (Å²) in [6, 6.07) is 5.17. The molecule has 0 atom stereocenters. The van der Waals surface area contributed by atoms with Crippen molar-refractivity contribution in [3.8, 4) is 11.5 Å². The van der Waals surface area contributed by atoms with Crippen molar-refractivity contribution in [2.75, 3.05) is 54.0 Å². The summed E-state index contributed by atoms with van der Waals surface area (Å²) in [4.78, 5) is 28.5. The summed E-state index contributed by atoms with van der Waals surface area (Å²) in [6.07, 6.45) is 1.37. The summed E-state index contributed by atoms with van der Waals surface area (Å²) in [7, 11) is 4.98. The third-order valence-electron chi connectivity index (χ3n) is 4.38. The van der Waals surface area contributed by atoms with Gasteiger partial charge in [0, 0.05) is 38.7 Å². The van der Waals surface area contributed by atoms with Crippen LogP contribution in [0.5, 0.6) is 11.5 Å². The molecule has 26 heavy (non-hydrogen) atoms. The number of amides is 2. The van der Waals surface area contributed by atoms with Crippen molar-refractivity contribution in [3.05, 3.63) is 23.8 Å². The molecule has 7 nitrogen and oxygen atoms in total. The van der Waals surface area contributed by atoms with E-state index in [0.29, 0.717) is 49.7 Å². The summed E-state index contributed by atoms with van der Waals surface area (Å²) in [6.45, 7) is 3.05. The maximum atomic E-state index is 12.8. The molecule has 8 heteroatoms. The molecule has 0 radical (unpaired) electrons. The van der Waals surface area contributed by atoms with Crippen molar-refractivity contribution in [3.63, 3.8) is 0 Å². The molecule has 1 fully saturated rings. The minimum absolute atomic E-state index is 0. The van der Waals surface area contributed by atoms with Crippen LogP contribution in [0.2, 0.25) is 0 Å². The number of methoxy groups -OCH3 is 2. The second-order valence-electron chi connectivity index (χ2n) is 5.95. The summed E-state index contributed by atoms with van der Waals surface area (Å²) >= 11 is 0. The van der Waals surface area contributed by atoms with Gasteiger partial charge in [-0.15, -0.1) is 12.4 Å². The fourth-order valence-electron chi connectivity index (χ4n) is 2.88. The van der Waals surface area contributed by atoms with Crippen LogP contribution >= 0.6 is 12.4 Å². The zero-order chi connectivity index (χ0) is 18.2. The molecule has 1 N–H and O–H groups in total. The number of rotatable bonds is 7. The molecule has 1 aliphatic heterocycles. The smallest absolute Gasteiger partial charge is 0.257 e. The maximum absolute atomic E-state index is 12.8. The number of hydrogen-bond donors (Lipinski definition) is 1. The van der Waals surface area contributed by atoms with E-state index in [-0.39, 0.29) is 24.2 Å². The first-order valence-electron chi connectivity index (χ1n) is 8.54. The molecule has 0 aromatic heterocycles. The summed E-state index contributed by atoms with van der Waals surface area (Å²) < 4.78 is 10.5. The number of hydrogen-bond acceptors (Lipinski definition) is 5. The number of nitrogens with one attached hydrogen (secondary N) is 1. The van der Waals surface area contributed by atoms with E-state index >= 15 is 0 Å². The molecule has 1 saturated heterocycles. The van der Waals surface area contributed by atoms with Gasteiger partial charge in [0.2, 0.25) is 5.91 Å². The molecule has 0 saturated carbocycles. The highest BCUT2D eigenvalue weighted by Gasteiger charge is 2.26. The van der Waals surface area contributed by atoms with Crippen LogP contribution in [0, 0.1) is 0 Å². The molecule has 1 aromatic carbocycles. The lowest BCUT2D eigenvalue weighted by Gasteiger charge is -2.35. The lowest BCUT2D eigenvalue weighted by atomic mass is 10.1. The Hall–Kier alpha value is -1.99. The Balaban J connectivity index is 0.00000338. The van der Waals surface area contributed by atoms with E-state index in [4.69, 9.17) is 9.47 Å². The van der Waals surface area contributed by atoms with Crippen molar-refractivity contribution >= 4 is 24.2 Å². The first-order chi connectivity index (χ1) is 12.1. The fraction of sp³-hybridized carbons (Fsp3) is 0.556. The third-order valence-corrected chi connectivity index (χ3v) is 4.38. The summed E-state index contributed by atoms with van der Waals surface area (Å²) in [5.41, 5.74) is 0.511. The van der Waals surface area contributed by atoms with Gasteiger partial charge in [-0.2, -0.15) is 0 Å². The number of benzene rings is 1. The van der Waals surface area contributed by atoms with Crippen LogP contribution < -0.4 is 14.8 Å². The van der Waals surface area contributed by atoms with Gasteiger partial charge in [-0.25, -0.2) is 0 Å². The molecule has 146 valence electrons. The topological polar surface area (TPSA) is 71.1 Å². The van der Waals surface area contributed by atoms with Gasteiger partial charge in [0.05, 0.1) is 19.8 Å². The van der Waals surface area contributed by atoms with Gasteiger partial charge in [-0.05, 0) is 32.1 Å². The summed E-state index contributed by atoms with van der Waals surface area (Å²) in [5.74, 6) is 1.21. The fourth-order valence-corrected chi connectivity index (χ4v) is 2.88. The van der Waals surface area contributed by atoms with E-state index in [1.807, 2.05) is 11.9 Å². The van der Waals surface area contributed by atoms with Gasteiger partial charge < -0.3 is 24.6 Å². The van der Waals surface area contributed by atoms with E-state index < -0.39 is 0 Å². The van der Waals surface area contributed by atoms with Crippen LogP contribution in [0.4, 0.5) is 0 Å². The predicted octanol–water partition coefficient (Wildman–Crippen LogP) is 1.41. The number of halogens is 1. The van der Waals surface area contributed by atoms with Crippen LogP contribution in [-0.2, 0) is 4.79 Å². The number of piperazine rings is 1. The monoisotopic (exact) mass is 385 g/mol. The van der Waals surface area contributed by atoms with Crippen LogP contribution in [0.1, 0.15) is 23.2 Å². The SMILES string of the molecule is CNCCCC(=O)N1CCN(C(=O)c2ccc(OC)cc2OC)CC1.Cl. The van der Waals surface area contributed by atoms with Crippen molar-refractivity contribution in [1.82, 2.24) is 15.1 Å². The number of ether oxygens (including phenoxy) is 2. The molecule has 1 heterocycles. The Morgan fingerprint density at radius 2 is 1.73 bits per heavy atom. The molecule has 1 aromatic rings. The molecule has 0 aliphatic carbocycles. The van der Waals surface area contributed by atoms with Gasteiger partial charge in [0.25, 0.3) is 5.91 Å². The predicted molar refractivity (Wildman–Crippen MR) is 102 cm³/mol. The van der Waals surface area contributed by atoms with Crippen LogP contribution in [0.25, 0.3) is 0 Å². The number of nitrogens with zero attached hydrogens (tertiary/aromatic N) is 2. The van der Waals surface area contributed by atoms with Gasteiger partial charge in [-0.3, -0.25) is 9.59 Å². The van der Waals surface area contributed by atoms with E-state index in [1.54, 1.807) is 30.2 Å². The Labute approximate surface area is 161 Å². The molecule has 0 bridgehead atoms. The van der Waals surface area contributed by atoms with Crippen LogP contribution in [-0.4, -0.2) is 75.6 Å². The Kier molecular flexibility index (Phi) is 9.23. The van der Waals surface area contributed by atoms with E-state index in [9.17, 15) is 9.59 Å². The van der Waals surface area contributed by atoms with Crippen LogP contribution in [0.3, 0.4) is 0 Å². The highest BCUT2D eigenvalue weighted by molar-refractivity contribution is 5.97. The Morgan fingerprint density at radius 3 is 2.31 bits per heavy atom. The standard InChI is InChI=1S/C18H27N3O4.ClH/c1-19-8-4-5-17(22)20-9-11-21(12-10-20)18(23)15-7-6-14(24-2)13-16(15)25-3;/h6-7,13,19H,4-5,8-12H2,1-3H3;1H. The molecular weight excluding hydrogens is 358 g/mol. The van der Waals surface area contributed by atoms with Crippen molar-refractivity contribution in [2.24, 2.45) is 0 Å². The molecule has 2 amide bonds. The third kappa shape index (κ3) is 5.51. The minimum Gasteiger partial charge on any atom is -0.497 e. The lowest BCUT2D eigenvalue weighted by Crippen LogP contribution is -2.50. The second-order valence-corrected chi connectivity index (χ2v) is 5.95. The Bertz CT molecular complexity index is 604. The molecular formula is C18H28ClN3O4. The summed E-state index contributed by atoms with van der Waals surface area (Å²) in [5, 5.41) is 3.04. The number of carbonyl (C=O) groups excluding carboxylic acids is 2. The number of carbonyl (C=O) groups is 2. The second kappa shape index (κ2) is 10.9. The van der Waals surface area contributed by atoms with Gasteiger partial charge in [-0.1, -0.05) is 0 Å². The largest absolute Gasteiger partial charge is 0.497 e. The molecule has 1 aliphatic rings. The average Bonchev–Trinajstić information content (AvgIpc) is 2.67. The lowest BCUT2D eigenvalue weighted by molar-refractivity contribution is -0.132. The minimum atomic E-state index is -0.0817. The first kappa shape index (κ1) is 22.1. The zero-order valence-corrected chi connectivity index (χ0v) is 16.4. The molecule has 0 unspecified atom stereocenters. The Morgan fingerprint density at radius 1 is 1.08 bits per heavy atom. The maximum Gasteiger partial charge on any atom is 0.257 e. The average molecular weight is 386 g/mol.